The minimum Gasteiger partial charge on any atom is -0.348 e. The lowest BCUT2D eigenvalue weighted by atomic mass is 10.0. The fourth-order valence-corrected chi connectivity index (χ4v) is 5.29. The van der Waals surface area contributed by atoms with Gasteiger partial charge in [0.05, 0.1) is 30.3 Å². The molecule has 142 valence electrons. The maximum Gasteiger partial charge on any atom is 0.254 e. The van der Waals surface area contributed by atoms with Crippen LogP contribution in [0, 0.1) is 0 Å². The van der Waals surface area contributed by atoms with Crippen LogP contribution in [0.15, 0.2) is 12.4 Å². The summed E-state index contributed by atoms with van der Waals surface area (Å²) in [6.07, 6.45) is 4.93. The summed E-state index contributed by atoms with van der Waals surface area (Å²) in [5.41, 5.74) is 0.328. The quantitative estimate of drug-likeness (QED) is 0.761. The van der Waals surface area contributed by atoms with E-state index in [9.17, 15) is 13.2 Å². The monoisotopic (exact) mass is 382 g/mol. The number of ether oxygens (including phenoxy) is 2. The van der Waals surface area contributed by atoms with Crippen LogP contribution in [0.2, 0.25) is 0 Å². The highest BCUT2D eigenvalue weighted by Crippen LogP contribution is 2.32. The second-order valence-corrected chi connectivity index (χ2v) is 9.17. The number of carbonyl (C=O) groups excluding carboxylic acids is 1. The molecule has 3 fully saturated rings. The number of anilines is 1. The minimum atomic E-state index is -3.03. The molecule has 4 heterocycles. The molecule has 10 heteroatoms. The van der Waals surface area contributed by atoms with Crippen molar-refractivity contribution < 1.29 is 22.7 Å². The maximum atomic E-state index is 12.2. The predicted molar refractivity (Wildman–Crippen MR) is 92.6 cm³/mol. The second kappa shape index (κ2) is 6.75. The molecule has 0 aliphatic carbocycles. The summed E-state index contributed by atoms with van der Waals surface area (Å²) < 4.78 is 34.4. The number of nitrogens with zero attached hydrogens (tertiary/aromatic N) is 3. The highest BCUT2D eigenvalue weighted by Gasteiger charge is 2.40. The van der Waals surface area contributed by atoms with Crippen molar-refractivity contribution >= 4 is 21.7 Å². The lowest BCUT2D eigenvalue weighted by Crippen LogP contribution is -2.45. The molecular formula is C16H22N4O5S. The van der Waals surface area contributed by atoms with E-state index in [0.717, 1.165) is 25.9 Å². The van der Waals surface area contributed by atoms with Crippen molar-refractivity contribution in [3.05, 3.63) is 18.0 Å². The fraction of sp³-hybridized carbons (Fsp3) is 0.688. The Morgan fingerprint density at radius 3 is 2.42 bits per heavy atom. The molecule has 1 aromatic rings. The second-order valence-electron chi connectivity index (χ2n) is 6.94. The first-order chi connectivity index (χ1) is 12.4. The molecule has 9 nitrogen and oxygen atoms in total. The molecule has 4 rings (SSSR count). The van der Waals surface area contributed by atoms with Crippen LogP contribution in [0.4, 0.5) is 5.95 Å². The van der Waals surface area contributed by atoms with E-state index in [4.69, 9.17) is 9.47 Å². The highest BCUT2D eigenvalue weighted by atomic mass is 32.2. The van der Waals surface area contributed by atoms with E-state index in [1.165, 1.54) is 12.4 Å². The van der Waals surface area contributed by atoms with Crippen molar-refractivity contribution in [3.63, 3.8) is 0 Å². The first kappa shape index (κ1) is 17.6. The van der Waals surface area contributed by atoms with Crippen LogP contribution in [-0.2, 0) is 19.3 Å². The molecule has 1 atom stereocenters. The first-order valence-corrected chi connectivity index (χ1v) is 10.6. The highest BCUT2D eigenvalue weighted by molar-refractivity contribution is 7.91. The van der Waals surface area contributed by atoms with E-state index < -0.39 is 15.6 Å². The van der Waals surface area contributed by atoms with Crippen molar-refractivity contribution in [3.8, 4) is 0 Å². The van der Waals surface area contributed by atoms with Crippen LogP contribution in [0.3, 0.4) is 0 Å². The predicted octanol–water partition coefficient (Wildman–Crippen LogP) is -0.263. The molecule has 0 bridgehead atoms. The first-order valence-electron chi connectivity index (χ1n) is 8.81. The van der Waals surface area contributed by atoms with Crippen molar-refractivity contribution in [1.82, 2.24) is 15.3 Å². The van der Waals surface area contributed by atoms with Gasteiger partial charge in [0.15, 0.2) is 15.6 Å². The Labute approximate surface area is 152 Å². The summed E-state index contributed by atoms with van der Waals surface area (Å²) in [7, 11) is -3.03. The standard InChI is InChI=1S/C16H22N4O5S/c21-14(19-13-1-8-26(22,23)11-13)12-9-17-15(18-10-12)20-4-2-16(3-5-20)24-6-7-25-16/h9-10,13H,1-8,11H2,(H,19,21). The van der Waals surface area contributed by atoms with Gasteiger partial charge in [-0.1, -0.05) is 0 Å². The van der Waals surface area contributed by atoms with Crippen molar-refractivity contribution in [2.75, 3.05) is 42.7 Å². The van der Waals surface area contributed by atoms with Crippen LogP contribution in [0.5, 0.6) is 0 Å². The Balaban J connectivity index is 1.34. The Hall–Kier alpha value is -1.78. The van der Waals surface area contributed by atoms with Gasteiger partial charge in [0.25, 0.3) is 5.91 Å². The van der Waals surface area contributed by atoms with Gasteiger partial charge >= 0.3 is 0 Å². The van der Waals surface area contributed by atoms with Crippen LogP contribution in [0.1, 0.15) is 29.6 Å². The molecule has 1 spiro atoms. The Morgan fingerprint density at radius 1 is 1.19 bits per heavy atom. The largest absolute Gasteiger partial charge is 0.348 e. The lowest BCUT2D eigenvalue weighted by molar-refractivity contribution is -0.169. The SMILES string of the molecule is O=C(NC1CCS(=O)(=O)C1)c1cnc(N2CCC3(CC2)OCCO3)nc1. The molecule has 1 amide bonds. The van der Waals surface area contributed by atoms with E-state index in [0.29, 0.717) is 31.1 Å². The zero-order valence-corrected chi connectivity index (χ0v) is 15.2. The van der Waals surface area contributed by atoms with E-state index >= 15 is 0 Å². The van der Waals surface area contributed by atoms with E-state index in [1.54, 1.807) is 0 Å². The summed E-state index contributed by atoms with van der Waals surface area (Å²) in [6.45, 7) is 2.74. The van der Waals surface area contributed by atoms with Crippen LogP contribution in [-0.4, -0.2) is 73.9 Å². The summed E-state index contributed by atoms with van der Waals surface area (Å²) >= 11 is 0. The van der Waals surface area contributed by atoms with Gasteiger partial charge < -0.3 is 19.7 Å². The third kappa shape index (κ3) is 3.67. The molecule has 1 N–H and O–H groups in total. The number of sulfone groups is 1. The molecule has 0 radical (unpaired) electrons. The number of piperidine rings is 1. The number of hydrogen-bond acceptors (Lipinski definition) is 8. The van der Waals surface area contributed by atoms with Crippen LogP contribution < -0.4 is 10.2 Å². The smallest absolute Gasteiger partial charge is 0.254 e. The average Bonchev–Trinajstić information content (AvgIpc) is 3.22. The minimum absolute atomic E-state index is 0.00263. The van der Waals surface area contributed by atoms with E-state index in [-0.39, 0.29) is 23.5 Å². The van der Waals surface area contributed by atoms with Gasteiger partial charge in [-0.2, -0.15) is 0 Å². The molecule has 3 saturated heterocycles. The van der Waals surface area contributed by atoms with Gasteiger partial charge in [0.1, 0.15) is 0 Å². The average molecular weight is 382 g/mol. The van der Waals surface area contributed by atoms with Crippen molar-refractivity contribution in [2.45, 2.75) is 31.1 Å². The van der Waals surface area contributed by atoms with Gasteiger partial charge in [0.2, 0.25) is 5.95 Å². The van der Waals surface area contributed by atoms with E-state index in [2.05, 4.69) is 15.3 Å². The van der Waals surface area contributed by atoms with Crippen LogP contribution in [0.25, 0.3) is 0 Å². The van der Waals surface area contributed by atoms with Crippen LogP contribution >= 0.6 is 0 Å². The van der Waals surface area contributed by atoms with E-state index in [1.807, 2.05) is 4.90 Å². The zero-order chi connectivity index (χ0) is 18.2. The number of hydrogen-bond donors (Lipinski definition) is 1. The topological polar surface area (TPSA) is 111 Å². The molecule has 0 aromatic carbocycles. The number of rotatable bonds is 3. The molecule has 3 aliphatic rings. The Morgan fingerprint density at radius 2 is 1.85 bits per heavy atom. The fourth-order valence-electron chi connectivity index (χ4n) is 3.61. The van der Waals surface area contributed by atoms with Gasteiger partial charge in [-0.05, 0) is 6.42 Å². The summed E-state index contributed by atoms with van der Waals surface area (Å²) in [6, 6.07) is -0.336. The van der Waals surface area contributed by atoms with Crippen molar-refractivity contribution in [2.24, 2.45) is 0 Å². The Kier molecular flexibility index (Phi) is 4.57. The number of aromatic nitrogens is 2. The molecule has 1 aromatic heterocycles. The zero-order valence-electron chi connectivity index (χ0n) is 14.4. The summed E-state index contributed by atoms with van der Waals surface area (Å²) in [5, 5.41) is 2.74. The number of amides is 1. The van der Waals surface area contributed by atoms with Gasteiger partial charge in [-0.25, -0.2) is 18.4 Å². The number of nitrogens with one attached hydrogen (secondary N) is 1. The summed E-state index contributed by atoms with van der Waals surface area (Å²) in [5.74, 6) is -0.103. The van der Waals surface area contributed by atoms with Crippen molar-refractivity contribution in [1.29, 1.82) is 0 Å². The lowest BCUT2D eigenvalue weighted by Gasteiger charge is -2.37. The molecule has 26 heavy (non-hydrogen) atoms. The van der Waals surface area contributed by atoms with Gasteiger partial charge in [-0.3, -0.25) is 4.79 Å². The molecular weight excluding hydrogens is 360 g/mol. The summed E-state index contributed by atoms with van der Waals surface area (Å²) in [4.78, 5) is 22.9. The Bertz CT molecular complexity index is 766. The third-order valence-electron chi connectivity index (χ3n) is 5.09. The maximum absolute atomic E-state index is 12.2. The van der Waals surface area contributed by atoms with Gasteiger partial charge in [0, 0.05) is 44.4 Å². The normalized spacial score (nSPS) is 26.9. The van der Waals surface area contributed by atoms with Gasteiger partial charge in [-0.15, -0.1) is 0 Å². The molecule has 1 unspecified atom stereocenters. The molecule has 0 saturated carbocycles. The molecule has 3 aliphatic heterocycles. The third-order valence-corrected chi connectivity index (χ3v) is 6.86. The number of carbonyl (C=O) groups is 1.